The van der Waals surface area contributed by atoms with E-state index in [0.29, 0.717) is 22.1 Å². The number of allylic oxidation sites excluding steroid dienone is 1. The molecule has 1 aliphatic rings. The van der Waals surface area contributed by atoms with E-state index in [0.717, 1.165) is 17.0 Å². The second-order valence-electron chi connectivity index (χ2n) is 8.14. The van der Waals surface area contributed by atoms with Crippen molar-refractivity contribution in [1.29, 1.82) is 0 Å². The number of benzene rings is 2. The summed E-state index contributed by atoms with van der Waals surface area (Å²) < 4.78 is 10.8. The lowest BCUT2D eigenvalue weighted by Gasteiger charge is -2.17. The van der Waals surface area contributed by atoms with Crippen molar-refractivity contribution in [2.75, 3.05) is 20.3 Å². The van der Waals surface area contributed by atoms with Crippen LogP contribution in [0.1, 0.15) is 43.7 Å². The van der Waals surface area contributed by atoms with Crippen LogP contribution in [0.2, 0.25) is 5.02 Å². The molecule has 0 bridgehead atoms. The Labute approximate surface area is 204 Å². The quantitative estimate of drug-likeness (QED) is 0.480. The van der Waals surface area contributed by atoms with Gasteiger partial charge < -0.3 is 14.6 Å². The van der Waals surface area contributed by atoms with E-state index in [1.165, 1.54) is 24.4 Å². The van der Waals surface area contributed by atoms with Crippen LogP contribution in [0.25, 0.3) is 6.08 Å². The molecule has 1 fully saturated rings. The molecule has 176 valence electrons. The van der Waals surface area contributed by atoms with Crippen molar-refractivity contribution < 1.29 is 19.4 Å². The van der Waals surface area contributed by atoms with Crippen LogP contribution >= 0.6 is 23.4 Å². The van der Waals surface area contributed by atoms with Gasteiger partial charge in [0.05, 0.1) is 21.6 Å². The zero-order valence-electron chi connectivity index (χ0n) is 19.2. The topological polar surface area (TPSA) is 68.1 Å². The lowest BCUT2D eigenvalue weighted by molar-refractivity contribution is -0.114. The Morgan fingerprint density at radius 1 is 1.24 bits per heavy atom. The monoisotopic (exact) mass is 487 g/mol. The van der Waals surface area contributed by atoms with Gasteiger partial charge in [-0.05, 0) is 49.6 Å². The molecule has 5 nitrogen and oxygen atoms in total. The van der Waals surface area contributed by atoms with Crippen molar-refractivity contribution in [1.82, 2.24) is 0 Å². The number of carbonyl (C=O) groups excluding carboxylic acids is 1. The number of nitrogens with zero attached hydrogens (tertiary/aromatic N) is 1. The minimum absolute atomic E-state index is 0.105. The Bertz CT molecular complexity index is 1000. The molecule has 0 amide bonds. The summed E-state index contributed by atoms with van der Waals surface area (Å²) in [6.07, 6.45) is 2.65. The zero-order valence-corrected chi connectivity index (χ0v) is 20.7. The molecule has 3 rings (SSSR count). The van der Waals surface area contributed by atoms with Crippen LogP contribution in [-0.4, -0.2) is 48.4 Å². The molecule has 1 N–H and O–H groups in total. The number of Topliss-reactive ketones (excluding diaryl/α,β-unsaturated/α-hetero) is 1. The van der Waals surface area contributed by atoms with Gasteiger partial charge >= 0.3 is 0 Å². The van der Waals surface area contributed by atoms with Crippen LogP contribution in [0.5, 0.6) is 5.75 Å². The van der Waals surface area contributed by atoms with E-state index >= 15 is 0 Å². The highest BCUT2D eigenvalue weighted by Crippen LogP contribution is 2.38. The van der Waals surface area contributed by atoms with Crippen LogP contribution in [0, 0.1) is 0 Å². The highest BCUT2D eigenvalue weighted by atomic mass is 35.5. The van der Waals surface area contributed by atoms with Gasteiger partial charge in [0.1, 0.15) is 18.5 Å². The molecule has 1 saturated heterocycles. The minimum Gasteiger partial charge on any atom is -0.489 e. The van der Waals surface area contributed by atoms with Crippen LogP contribution in [-0.2, 0) is 9.53 Å². The number of aliphatic hydroxyl groups is 1. The second kappa shape index (κ2) is 12.4. The SMILES string of the molecule is COC(CO)COc1ccc(/C=C2\SC(=NC(C)C)C(c3ccccc3)CCC2=O)cc1Cl. The maximum absolute atomic E-state index is 13.0. The summed E-state index contributed by atoms with van der Waals surface area (Å²) in [5.41, 5.74) is 2.00. The molecule has 0 aliphatic carbocycles. The maximum Gasteiger partial charge on any atom is 0.169 e. The Kier molecular flexibility index (Phi) is 9.56. The van der Waals surface area contributed by atoms with Crippen molar-refractivity contribution in [3.8, 4) is 5.75 Å². The molecule has 0 aromatic heterocycles. The van der Waals surface area contributed by atoms with E-state index in [1.54, 1.807) is 12.1 Å². The molecular formula is C26H30ClNO4S. The van der Waals surface area contributed by atoms with E-state index in [1.807, 2.05) is 30.3 Å². The lowest BCUT2D eigenvalue weighted by Crippen LogP contribution is -2.24. The van der Waals surface area contributed by atoms with E-state index in [2.05, 4.69) is 26.0 Å². The number of rotatable bonds is 8. The van der Waals surface area contributed by atoms with E-state index < -0.39 is 6.10 Å². The van der Waals surface area contributed by atoms with Crippen LogP contribution in [0.3, 0.4) is 0 Å². The average molecular weight is 488 g/mol. The van der Waals surface area contributed by atoms with Crippen molar-refractivity contribution in [3.63, 3.8) is 0 Å². The first-order chi connectivity index (χ1) is 15.9. The minimum atomic E-state index is -0.418. The number of hydrogen-bond donors (Lipinski definition) is 1. The van der Waals surface area contributed by atoms with E-state index in [-0.39, 0.29) is 31.0 Å². The Balaban J connectivity index is 1.85. The zero-order chi connectivity index (χ0) is 23.8. The first-order valence-electron chi connectivity index (χ1n) is 11.0. The highest BCUT2D eigenvalue weighted by molar-refractivity contribution is 8.18. The number of hydrogen-bond acceptors (Lipinski definition) is 6. The third-order valence-electron chi connectivity index (χ3n) is 5.25. The van der Waals surface area contributed by atoms with Crippen molar-refractivity contribution >= 4 is 40.3 Å². The van der Waals surface area contributed by atoms with E-state index in [4.69, 9.17) is 26.1 Å². The maximum atomic E-state index is 13.0. The summed E-state index contributed by atoms with van der Waals surface area (Å²) in [6.45, 7) is 4.16. The number of methoxy groups -OCH3 is 1. The van der Waals surface area contributed by atoms with Gasteiger partial charge in [0.15, 0.2) is 5.78 Å². The molecule has 1 aliphatic heterocycles. The molecule has 0 spiro atoms. The van der Waals surface area contributed by atoms with Gasteiger partial charge in [0.25, 0.3) is 0 Å². The Morgan fingerprint density at radius 2 is 2.00 bits per heavy atom. The van der Waals surface area contributed by atoms with Crippen molar-refractivity contribution in [2.24, 2.45) is 4.99 Å². The molecule has 1 heterocycles. The molecular weight excluding hydrogens is 458 g/mol. The van der Waals surface area contributed by atoms with Crippen molar-refractivity contribution in [2.45, 2.75) is 44.8 Å². The van der Waals surface area contributed by atoms with Gasteiger partial charge in [-0.25, -0.2) is 0 Å². The van der Waals surface area contributed by atoms with Gasteiger partial charge in [-0.1, -0.05) is 59.8 Å². The number of halogens is 1. The molecule has 0 saturated carbocycles. The predicted octanol–water partition coefficient (Wildman–Crippen LogP) is 5.75. The number of ketones is 1. The number of ether oxygens (including phenoxy) is 2. The molecule has 2 unspecified atom stereocenters. The third kappa shape index (κ3) is 7.18. The van der Waals surface area contributed by atoms with Gasteiger partial charge in [-0.3, -0.25) is 9.79 Å². The highest BCUT2D eigenvalue weighted by Gasteiger charge is 2.28. The molecule has 2 atom stereocenters. The van der Waals surface area contributed by atoms with Crippen LogP contribution < -0.4 is 4.74 Å². The van der Waals surface area contributed by atoms with Gasteiger partial charge in [0, 0.05) is 25.5 Å². The number of aliphatic imine (C=N–C) groups is 1. The fourth-order valence-corrected chi connectivity index (χ4v) is 5.03. The predicted molar refractivity (Wildman–Crippen MR) is 136 cm³/mol. The second-order valence-corrected chi connectivity index (χ2v) is 9.61. The van der Waals surface area contributed by atoms with Crippen molar-refractivity contribution in [3.05, 3.63) is 69.6 Å². The van der Waals surface area contributed by atoms with Gasteiger partial charge in [-0.2, -0.15) is 0 Å². The first-order valence-corrected chi connectivity index (χ1v) is 12.2. The van der Waals surface area contributed by atoms with Crippen LogP contribution in [0.4, 0.5) is 0 Å². The summed E-state index contributed by atoms with van der Waals surface area (Å²) in [7, 11) is 1.52. The summed E-state index contributed by atoms with van der Waals surface area (Å²) >= 11 is 7.87. The Morgan fingerprint density at radius 3 is 2.64 bits per heavy atom. The summed E-state index contributed by atoms with van der Waals surface area (Å²) in [5, 5.41) is 10.6. The van der Waals surface area contributed by atoms with E-state index in [9.17, 15) is 9.90 Å². The third-order valence-corrected chi connectivity index (χ3v) is 6.71. The summed E-state index contributed by atoms with van der Waals surface area (Å²) in [5.74, 6) is 0.714. The van der Waals surface area contributed by atoms with Gasteiger partial charge in [0.2, 0.25) is 0 Å². The number of carbonyl (C=O) groups is 1. The number of thioether (sulfide) groups is 1. The average Bonchev–Trinajstić information content (AvgIpc) is 2.94. The Hall–Kier alpha value is -2.12. The molecule has 0 radical (unpaired) electrons. The van der Waals surface area contributed by atoms with Crippen LogP contribution in [0.15, 0.2) is 58.4 Å². The fraction of sp³-hybridized carbons (Fsp3) is 0.385. The normalized spacial score (nSPS) is 20.3. The lowest BCUT2D eigenvalue weighted by atomic mass is 9.94. The smallest absolute Gasteiger partial charge is 0.169 e. The standard InChI is InChI=1S/C26H30ClNO4S/c1-17(2)28-26-21(19-7-5-4-6-8-19)10-11-23(30)25(33-26)14-18-9-12-24(22(27)13-18)32-16-20(15-29)31-3/h4-9,12-14,17,20-21,29H,10-11,15-16H2,1-3H3/b25-14-,28-26?. The fourth-order valence-electron chi connectivity index (χ4n) is 3.49. The molecule has 2 aromatic rings. The molecule has 7 heteroatoms. The molecule has 2 aromatic carbocycles. The molecule has 33 heavy (non-hydrogen) atoms. The van der Waals surface area contributed by atoms with Gasteiger partial charge in [-0.15, -0.1) is 0 Å². The summed E-state index contributed by atoms with van der Waals surface area (Å²) in [4.78, 5) is 18.5. The largest absolute Gasteiger partial charge is 0.489 e. The number of aliphatic hydroxyl groups excluding tert-OH is 1. The summed E-state index contributed by atoms with van der Waals surface area (Å²) in [6, 6.07) is 15.8. The first kappa shape index (κ1) is 25.5.